The molecule has 0 spiro atoms. The van der Waals surface area contributed by atoms with Crippen LogP contribution in [0.4, 0.5) is 4.39 Å². The Kier molecular flexibility index (Phi) is 3.09. The first kappa shape index (κ1) is 12.3. The van der Waals surface area contributed by atoms with Gasteiger partial charge in [0.1, 0.15) is 11.0 Å². The molecule has 0 aliphatic rings. The van der Waals surface area contributed by atoms with Gasteiger partial charge in [0, 0.05) is 16.0 Å². The van der Waals surface area contributed by atoms with Gasteiger partial charge in [0.05, 0.1) is 5.52 Å². The van der Waals surface area contributed by atoms with Crippen LogP contribution in [-0.2, 0) is 0 Å². The van der Waals surface area contributed by atoms with Gasteiger partial charge in [-0.05, 0) is 30.3 Å². The average Bonchev–Trinajstić information content (AvgIpc) is 2.39. The molecule has 0 unspecified atom stereocenters. The molecule has 19 heavy (non-hydrogen) atoms. The van der Waals surface area contributed by atoms with E-state index in [0.29, 0.717) is 32.5 Å². The van der Waals surface area contributed by atoms with Crippen LogP contribution < -0.4 is 0 Å². The molecule has 1 heterocycles. The van der Waals surface area contributed by atoms with Crippen LogP contribution in [0.25, 0.3) is 22.3 Å². The van der Waals surface area contributed by atoms with Gasteiger partial charge in [-0.25, -0.2) is 14.4 Å². The van der Waals surface area contributed by atoms with Crippen molar-refractivity contribution in [2.24, 2.45) is 0 Å². The van der Waals surface area contributed by atoms with E-state index in [1.165, 1.54) is 12.1 Å². The molecular formula is C14H7Cl2FN2. The lowest BCUT2D eigenvalue weighted by Gasteiger charge is -2.05. The lowest BCUT2D eigenvalue weighted by atomic mass is 10.2. The summed E-state index contributed by atoms with van der Waals surface area (Å²) in [6.45, 7) is 0. The molecule has 0 N–H and O–H groups in total. The smallest absolute Gasteiger partial charge is 0.161 e. The zero-order valence-corrected chi connectivity index (χ0v) is 11.1. The van der Waals surface area contributed by atoms with E-state index < -0.39 is 0 Å². The number of benzene rings is 2. The molecule has 0 aliphatic carbocycles. The lowest BCUT2D eigenvalue weighted by Crippen LogP contribution is -1.92. The monoisotopic (exact) mass is 292 g/mol. The highest BCUT2D eigenvalue weighted by atomic mass is 35.5. The van der Waals surface area contributed by atoms with Crippen molar-refractivity contribution in [3.8, 4) is 11.4 Å². The maximum Gasteiger partial charge on any atom is 0.161 e. The van der Waals surface area contributed by atoms with Crippen molar-refractivity contribution in [3.63, 3.8) is 0 Å². The summed E-state index contributed by atoms with van der Waals surface area (Å²) in [5.74, 6) is 0.0488. The van der Waals surface area contributed by atoms with E-state index in [2.05, 4.69) is 9.97 Å². The lowest BCUT2D eigenvalue weighted by molar-refractivity contribution is 0.628. The van der Waals surface area contributed by atoms with Crippen molar-refractivity contribution in [3.05, 3.63) is 58.5 Å². The van der Waals surface area contributed by atoms with Crippen LogP contribution in [0.3, 0.4) is 0 Å². The number of fused-ring (bicyclic) bond motifs is 1. The number of hydrogen-bond donors (Lipinski definition) is 0. The Balaban J connectivity index is 2.24. The van der Waals surface area contributed by atoms with Gasteiger partial charge >= 0.3 is 0 Å². The fraction of sp³-hybridized carbons (Fsp3) is 0. The van der Waals surface area contributed by atoms with E-state index in [-0.39, 0.29) is 5.82 Å². The summed E-state index contributed by atoms with van der Waals surface area (Å²) in [6.07, 6.45) is 0. The minimum absolute atomic E-state index is 0.298. The van der Waals surface area contributed by atoms with Gasteiger partial charge in [0.2, 0.25) is 0 Å². The minimum Gasteiger partial charge on any atom is -0.228 e. The first-order chi connectivity index (χ1) is 9.13. The van der Waals surface area contributed by atoms with E-state index in [1.54, 1.807) is 30.3 Å². The van der Waals surface area contributed by atoms with E-state index in [1.807, 2.05) is 0 Å². The number of rotatable bonds is 1. The van der Waals surface area contributed by atoms with Crippen molar-refractivity contribution in [1.29, 1.82) is 0 Å². The largest absolute Gasteiger partial charge is 0.228 e. The number of nitrogens with zero attached hydrogens (tertiary/aromatic N) is 2. The molecule has 0 aliphatic heterocycles. The maximum absolute atomic E-state index is 13.2. The van der Waals surface area contributed by atoms with Crippen molar-refractivity contribution >= 4 is 34.1 Å². The Bertz CT molecular complexity index is 774. The molecule has 0 amide bonds. The fourth-order valence-corrected chi connectivity index (χ4v) is 2.22. The van der Waals surface area contributed by atoms with Crippen LogP contribution in [0.15, 0.2) is 42.5 Å². The number of aromatic nitrogens is 2. The Hall–Kier alpha value is -1.71. The Morgan fingerprint density at radius 2 is 1.79 bits per heavy atom. The van der Waals surface area contributed by atoms with Crippen LogP contribution in [-0.4, -0.2) is 9.97 Å². The molecular weight excluding hydrogens is 286 g/mol. The van der Waals surface area contributed by atoms with Gasteiger partial charge < -0.3 is 0 Å². The number of hydrogen-bond acceptors (Lipinski definition) is 2. The van der Waals surface area contributed by atoms with Gasteiger partial charge in [-0.3, -0.25) is 0 Å². The summed E-state index contributed by atoms with van der Waals surface area (Å²) in [4.78, 5) is 8.55. The van der Waals surface area contributed by atoms with E-state index in [0.717, 1.165) is 0 Å². The summed E-state index contributed by atoms with van der Waals surface area (Å²) >= 11 is 12.0. The highest BCUT2D eigenvalue weighted by Gasteiger charge is 2.09. The Morgan fingerprint density at radius 3 is 2.58 bits per heavy atom. The maximum atomic E-state index is 13.2. The summed E-state index contributed by atoms with van der Waals surface area (Å²) in [5, 5.41) is 1.54. The van der Waals surface area contributed by atoms with Crippen molar-refractivity contribution in [2.45, 2.75) is 0 Å². The van der Waals surface area contributed by atoms with Crippen LogP contribution in [0.1, 0.15) is 0 Å². The molecule has 94 valence electrons. The zero-order valence-electron chi connectivity index (χ0n) is 9.57. The SMILES string of the molecule is Fc1cccc(-c2nc(Cl)c3cc(Cl)ccc3n2)c1. The minimum atomic E-state index is -0.339. The first-order valence-electron chi connectivity index (χ1n) is 5.52. The molecule has 0 bridgehead atoms. The van der Waals surface area contributed by atoms with Gasteiger partial charge in [0.15, 0.2) is 5.82 Å². The third kappa shape index (κ3) is 2.39. The highest BCUT2D eigenvalue weighted by Crippen LogP contribution is 2.27. The molecule has 2 nitrogen and oxygen atoms in total. The Labute approximate surface area is 118 Å². The normalized spacial score (nSPS) is 10.9. The van der Waals surface area contributed by atoms with E-state index in [4.69, 9.17) is 23.2 Å². The van der Waals surface area contributed by atoms with Crippen molar-refractivity contribution in [1.82, 2.24) is 9.97 Å². The van der Waals surface area contributed by atoms with Crippen LogP contribution in [0.2, 0.25) is 10.2 Å². The van der Waals surface area contributed by atoms with Crippen LogP contribution in [0.5, 0.6) is 0 Å². The van der Waals surface area contributed by atoms with Crippen molar-refractivity contribution < 1.29 is 4.39 Å². The van der Waals surface area contributed by atoms with Gasteiger partial charge in [0.25, 0.3) is 0 Å². The predicted molar refractivity (Wildman–Crippen MR) is 75.0 cm³/mol. The van der Waals surface area contributed by atoms with Crippen LogP contribution >= 0.6 is 23.2 Å². The van der Waals surface area contributed by atoms with Crippen LogP contribution in [0, 0.1) is 5.82 Å². The van der Waals surface area contributed by atoms with E-state index in [9.17, 15) is 4.39 Å². The summed E-state index contributed by atoms with van der Waals surface area (Å²) in [7, 11) is 0. The molecule has 0 saturated heterocycles. The summed E-state index contributed by atoms with van der Waals surface area (Å²) < 4.78 is 13.2. The highest BCUT2D eigenvalue weighted by molar-refractivity contribution is 6.35. The zero-order chi connectivity index (χ0) is 13.4. The second kappa shape index (κ2) is 4.76. The summed E-state index contributed by atoms with van der Waals surface area (Å²) in [5.41, 5.74) is 1.25. The number of halogens is 3. The molecule has 0 atom stereocenters. The topological polar surface area (TPSA) is 25.8 Å². The molecule has 5 heteroatoms. The molecule has 3 aromatic rings. The second-order valence-corrected chi connectivity index (χ2v) is 4.80. The predicted octanol–water partition coefficient (Wildman–Crippen LogP) is 4.74. The molecule has 3 rings (SSSR count). The molecule has 1 aromatic heterocycles. The molecule has 0 fully saturated rings. The first-order valence-corrected chi connectivity index (χ1v) is 6.28. The fourth-order valence-electron chi connectivity index (χ4n) is 1.82. The van der Waals surface area contributed by atoms with Gasteiger partial charge in [-0.1, -0.05) is 35.3 Å². The summed E-state index contributed by atoms with van der Waals surface area (Å²) in [6, 6.07) is 11.3. The quantitative estimate of drug-likeness (QED) is 0.605. The molecule has 2 aromatic carbocycles. The standard InChI is InChI=1S/C14H7Cl2FN2/c15-9-4-5-12-11(7-9)13(16)19-14(18-12)8-2-1-3-10(17)6-8/h1-7H. The van der Waals surface area contributed by atoms with Gasteiger partial charge in [-0.2, -0.15) is 0 Å². The third-order valence-corrected chi connectivity index (χ3v) is 3.22. The molecule has 0 saturated carbocycles. The van der Waals surface area contributed by atoms with Crippen molar-refractivity contribution in [2.75, 3.05) is 0 Å². The second-order valence-electron chi connectivity index (χ2n) is 4.01. The third-order valence-electron chi connectivity index (χ3n) is 2.69. The average molecular weight is 293 g/mol. The molecule has 0 radical (unpaired) electrons. The Morgan fingerprint density at radius 1 is 0.947 bits per heavy atom. The van der Waals surface area contributed by atoms with E-state index >= 15 is 0 Å². The van der Waals surface area contributed by atoms with Gasteiger partial charge in [-0.15, -0.1) is 0 Å².